The monoisotopic (exact) mass is 236 g/mol. The Morgan fingerprint density at radius 2 is 2.24 bits per heavy atom. The third-order valence-electron chi connectivity index (χ3n) is 3.56. The van der Waals surface area contributed by atoms with Crippen molar-refractivity contribution in [1.29, 1.82) is 0 Å². The molecule has 98 valence electrons. The second kappa shape index (κ2) is 8.55. The first kappa shape index (κ1) is 14.5. The van der Waals surface area contributed by atoms with Gasteiger partial charge in [-0.3, -0.25) is 0 Å². The van der Waals surface area contributed by atoms with E-state index in [1.54, 1.807) is 0 Å². The highest BCUT2D eigenvalue weighted by Gasteiger charge is 2.16. The number of hydrogen-bond acceptors (Lipinski definition) is 2. The molecule has 0 amide bonds. The summed E-state index contributed by atoms with van der Waals surface area (Å²) in [5.41, 5.74) is 0. The Kier molecular flexibility index (Phi) is 7.32. The van der Waals surface area contributed by atoms with Crippen molar-refractivity contribution < 1.29 is 0 Å². The normalized spacial score (nSPS) is 24.6. The summed E-state index contributed by atoms with van der Waals surface area (Å²) in [6.45, 7) is 5.63. The topological polar surface area (TPSA) is 24.1 Å². The van der Waals surface area contributed by atoms with Crippen LogP contribution in [0.15, 0.2) is 0 Å². The van der Waals surface area contributed by atoms with E-state index in [0.29, 0.717) is 12.1 Å². The van der Waals surface area contributed by atoms with Gasteiger partial charge in [-0.2, -0.15) is 0 Å². The summed E-state index contributed by atoms with van der Waals surface area (Å²) in [6, 6.07) is 1.44. The van der Waals surface area contributed by atoms with Gasteiger partial charge < -0.3 is 10.6 Å². The van der Waals surface area contributed by atoms with Crippen molar-refractivity contribution in [2.45, 2.75) is 76.9 Å². The van der Waals surface area contributed by atoms with Crippen LogP contribution >= 0.6 is 0 Å². The summed E-state index contributed by atoms with van der Waals surface area (Å²) < 4.78 is 0. The lowest BCUT2D eigenvalue weighted by atomic mass is 10.0. The fourth-order valence-electron chi connectivity index (χ4n) is 2.64. The van der Waals surface area contributed by atoms with Gasteiger partial charge in [-0.25, -0.2) is 0 Å². The summed E-state index contributed by atoms with van der Waals surface area (Å²) >= 11 is 0. The lowest BCUT2D eigenvalue weighted by molar-refractivity contribution is 0.384. The quantitative estimate of drug-likeness (QED) is 0.693. The van der Waals surface area contributed by atoms with Gasteiger partial charge in [0.1, 0.15) is 0 Å². The first-order chi connectivity index (χ1) is 8.26. The highest BCUT2D eigenvalue weighted by molar-refractivity contribution is 4.99. The molecule has 3 atom stereocenters. The molecule has 1 aliphatic heterocycles. The molecule has 2 N–H and O–H groups in total. The van der Waals surface area contributed by atoms with Crippen LogP contribution in [0.3, 0.4) is 0 Å². The van der Waals surface area contributed by atoms with E-state index in [2.05, 4.69) is 30.4 Å². The summed E-state index contributed by atoms with van der Waals surface area (Å²) in [7, 11) is 0. The van der Waals surface area contributed by atoms with E-state index < -0.39 is 0 Å². The Bertz CT molecular complexity index is 224. The maximum Gasteiger partial charge on any atom is 0.0688 e. The Hall–Kier alpha value is -0.520. The first-order valence-electron chi connectivity index (χ1n) is 7.21. The minimum Gasteiger partial charge on any atom is -0.314 e. The third-order valence-corrected chi connectivity index (χ3v) is 3.56. The Morgan fingerprint density at radius 3 is 2.94 bits per heavy atom. The standard InChI is InChI=1S/C15H28N2/c1-4-9-14(5-2)17-13(3)12-15-10-7-6-8-11-16-15/h2,13-17H,4,6-12H2,1,3H3. The molecule has 0 aromatic carbocycles. The number of nitrogens with one attached hydrogen (secondary N) is 2. The predicted molar refractivity (Wildman–Crippen MR) is 75.0 cm³/mol. The van der Waals surface area contributed by atoms with Gasteiger partial charge in [-0.05, 0) is 39.2 Å². The van der Waals surface area contributed by atoms with Gasteiger partial charge in [-0.15, -0.1) is 6.42 Å². The molecule has 0 aliphatic carbocycles. The van der Waals surface area contributed by atoms with E-state index in [1.165, 1.54) is 38.6 Å². The van der Waals surface area contributed by atoms with Gasteiger partial charge in [0, 0.05) is 12.1 Å². The van der Waals surface area contributed by atoms with Crippen LogP contribution in [-0.2, 0) is 0 Å². The molecule has 0 bridgehead atoms. The van der Waals surface area contributed by atoms with Crippen LogP contribution in [0.25, 0.3) is 0 Å². The van der Waals surface area contributed by atoms with Crippen molar-refractivity contribution in [3.8, 4) is 12.3 Å². The lowest BCUT2D eigenvalue weighted by Crippen LogP contribution is -2.41. The van der Waals surface area contributed by atoms with E-state index in [1.807, 2.05) is 0 Å². The highest BCUT2D eigenvalue weighted by Crippen LogP contribution is 2.13. The van der Waals surface area contributed by atoms with Crippen molar-refractivity contribution in [2.24, 2.45) is 0 Å². The van der Waals surface area contributed by atoms with E-state index in [0.717, 1.165) is 12.8 Å². The molecule has 2 nitrogen and oxygen atoms in total. The molecule has 0 radical (unpaired) electrons. The fraction of sp³-hybridized carbons (Fsp3) is 0.867. The largest absolute Gasteiger partial charge is 0.314 e. The Balaban J connectivity index is 2.27. The van der Waals surface area contributed by atoms with Gasteiger partial charge in [0.2, 0.25) is 0 Å². The average molecular weight is 236 g/mol. The molecular weight excluding hydrogens is 208 g/mol. The smallest absolute Gasteiger partial charge is 0.0688 e. The van der Waals surface area contributed by atoms with Crippen molar-refractivity contribution in [3.05, 3.63) is 0 Å². The lowest BCUT2D eigenvalue weighted by Gasteiger charge is -2.24. The van der Waals surface area contributed by atoms with Crippen LogP contribution < -0.4 is 10.6 Å². The van der Waals surface area contributed by atoms with Gasteiger partial charge >= 0.3 is 0 Å². The van der Waals surface area contributed by atoms with Gasteiger partial charge in [-0.1, -0.05) is 32.1 Å². The molecule has 1 fully saturated rings. The second-order valence-corrected chi connectivity index (χ2v) is 5.31. The molecule has 1 rings (SSSR count). The maximum absolute atomic E-state index is 5.54. The second-order valence-electron chi connectivity index (χ2n) is 5.31. The molecule has 1 heterocycles. The minimum atomic E-state index is 0.251. The SMILES string of the molecule is C#CC(CCC)NC(C)CC1CCCCCN1. The molecule has 0 aromatic heterocycles. The van der Waals surface area contributed by atoms with Crippen molar-refractivity contribution >= 4 is 0 Å². The molecule has 0 spiro atoms. The zero-order chi connectivity index (χ0) is 12.5. The first-order valence-corrected chi connectivity index (χ1v) is 7.21. The van der Waals surface area contributed by atoms with Crippen LogP contribution in [0.5, 0.6) is 0 Å². The Labute approximate surface area is 107 Å². The Morgan fingerprint density at radius 1 is 1.41 bits per heavy atom. The van der Waals surface area contributed by atoms with Crippen LogP contribution in [0.4, 0.5) is 0 Å². The zero-order valence-corrected chi connectivity index (χ0v) is 11.5. The number of hydrogen-bond donors (Lipinski definition) is 2. The van der Waals surface area contributed by atoms with Gasteiger partial charge in [0.05, 0.1) is 6.04 Å². The summed E-state index contributed by atoms with van der Waals surface area (Å²) in [5.74, 6) is 2.85. The predicted octanol–water partition coefficient (Wildman–Crippen LogP) is 2.69. The average Bonchev–Trinajstić information content (AvgIpc) is 2.57. The molecule has 0 aromatic rings. The third kappa shape index (κ3) is 6.10. The van der Waals surface area contributed by atoms with E-state index in [4.69, 9.17) is 6.42 Å². The summed E-state index contributed by atoms with van der Waals surface area (Å²) in [5, 5.41) is 7.20. The fourth-order valence-corrected chi connectivity index (χ4v) is 2.64. The molecule has 1 saturated heterocycles. The van der Waals surface area contributed by atoms with Gasteiger partial charge in [0.25, 0.3) is 0 Å². The molecule has 17 heavy (non-hydrogen) atoms. The summed E-state index contributed by atoms with van der Waals surface area (Å²) in [6.07, 6.45) is 14.4. The molecule has 0 saturated carbocycles. The minimum absolute atomic E-state index is 0.251. The van der Waals surface area contributed by atoms with E-state index in [9.17, 15) is 0 Å². The molecule has 1 aliphatic rings. The summed E-state index contributed by atoms with van der Waals surface area (Å²) in [4.78, 5) is 0. The van der Waals surface area contributed by atoms with Crippen molar-refractivity contribution in [2.75, 3.05) is 6.54 Å². The van der Waals surface area contributed by atoms with Crippen molar-refractivity contribution in [1.82, 2.24) is 10.6 Å². The van der Waals surface area contributed by atoms with E-state index >= 15 is 0 Å². The van der Waals surface area contributed by atoms with Crippen LogP contribution in [-0.4, -0.2) is 24.7 Å². The van der Waals surface area contributed by atoms with Crippen LogP contribution in [0.1, 0.15) is 58.8 Å². The highest BCUT2D eigenvalue weighted by atomic mass is 15.0. The molecule has 3 unspecified atom stereocenters. The maximum atomic E-state index is 5.54. The molecule has 2 heteroatoms. The zero-order valence-electron chi connectivity index (χ0n) is 11.5. The number of terminal acetylenes is 1. The number of rotatable bonds is 6. The van der Waals surface area contributed by atoms with Crippen molar-refractivity contribution in [3.63, 3.8) is 0 Å². The molecular formula is C15H28N2. The van der Waals surface area contributed by atoms with Crippen LogP contribution in [0, 0.1) is 12.3 Å². The van der Waals surface area contributed by atoms with Gasteiger partial charge in [0.15, 0.2) is 0 Å². The van der Waals surface area contributed by atoms with E-state index in [-0.39, 0.29) is 6.04 Å². The van der Waals surface area contributed by atoms with Crippen LogP contribution in [0.2, 0.25) is 0 Å².